The van der Waals surface area contributed by atoms with Gasteiger partial charge in [-0.15, -0.1) is 0 Å². The van der Waals surface area contributed by atoms with Gasteiger partial charge in [0.2, 0.25) is 5.95 Å². The summed E-state index contributed by atoms with van der Waals surface area (Å²) in [5.74, 6) is 1.75. The van der Waals surface area contributed by atoms with Crippen LogP contribution in [0.3, 0.4) is 0 Å². The predicted molar refractivity (Wildman–Crippen MR) is 285 cm³/mol. The molecule has 6 nitrogen and oxygen atoms in total. The molecule has 1 aliphatic carbocycles. The Hall–Kier alpha value is -9.39. The van der Waals surface area contributed by atoms with E-state index < -0.39 is 5.41 Å². The van der Waals surface area contributed by atoms with E-state index in [1.807, 2.05) is 18.2 Å². The summed E-state index contributed by atoms with van der Waals surface area (Å²) in [7, 11) is 0. The standard InChI is InChI=1S/C64H40N6/c1-4-20-41(21-5-1)61-65-62(67-63(66-61)70-56-34-18-13-29-48(56)50-39-49-47-28-12-17-33-55(47)68(59(49)40-60(50)70)43-22-6-2-7-23-43)42-36-37-58-54(38-42)64(51-30-14-10-26-45(51)46-27-11-15-31-52(46)64)53-32-16-19-35-57(53)69(58)44-24-8-3-9-25-44/h1-40H. The fraction of sp³-hybridized carbons (Fsp3) is 0.0156. The lowest BCUT2D eigenvalue weighted by atomic mass is 9.64. The van der Waals surface area contributed by atoms with E-state index in [1.54, 1.807) is 0 Å². The van der Waals surface area contributed by atoms with Gasteiger partial charge in [0.25, 0.3) is 0 Å². The Morgan fingerprint density at radius 2 is 0.800 bits per heavy atom. The van der Waals surface area contributed by atoms with Crippen LogP contribution in [-0.2, 0) is 5.41 Å². The van der Waals surface area contributed by atoms with Gasteiger partial charge in [-0.2, -0.15) is 9.97 Å². The van der Waals surface area contributed by atoms with Gasteiger partial charge in [-0.1, -0.05) is 170 Å². The third-order valence-electron chi connectivity index (χ3n) is 14.8. The number of fused-ring (bicyclic) bond motifs is 15. The smallest absolute Gasteiger partial charge is 0.238 e. The summed E-state index contributed by atoms with van der Waals surface area (Å²) in [4.78, 5) is 18.8. The molecule has 10 aromatic carbocycles. The van der Waals surface area contributed by atoms with E-state index in [0.29, 0.717) is 17.6 Å². The Kier molecular flexibility index (Phi) is 8.18. The first-order chi connectivity index (χ1) is 34.7. The van der Waals surface area contributed by atoms with Crippen LogP contribution in [0.5, 0.6) is 0 Å². The van der Waals surface area contributed by atoms with Crippen molar-refractivity contribution >= 4 is 60.7 Å². The Balaban J connectivity index is 1.03. The van der Waals surface area contributed by atoms with Gasteiger partial charge in [-0.3, -0.25) is 4.57 Å². The molecule has 0 atom stereocenters. The van der Waals surface area contributed by atoms with Gasteiger partial charge in [0.05, 0.1) is 38.9 Å². The van der Waals surface area contributed by atoms with Crippen molar-refractivity contribution in [3.63, 3.8) is 0 Å². The quantitative estimate of drug-likeness (QED) is 0.173. The maximum Gasteiger partial charge on any atom is 0.238 e. The molecule has 0 N–H and O–H groups in total. The molecular formula is C64H40N6. The Morgan fingerprint density at radius 1 is 0.300 bits per heavy atom. The van der Waals surface area contributed by atoms with E-state index in [4.69, 9.17) is 15.0 Å². The van der Waals surface area contributed by atoms with Crippen LogP contribution in [-0.4, -0.2) is 24.1 Å². The third-order valence-corrected chi connectivity index (χ3v) is 14.8. The number of rotatable bonds is 5. The van der Waals surface area contributed by atoms with Crippen molar-refractivity contribution in [1.29, 1.82) is 0 Å². The fourth-order valence-electron chi connectivity index (χ4n) is 11.9. The zero-order chi connectivity index (χ0) is 45.9. The second-order valence-electron chi connectivity index (χ2n) is 18.3. The van der Waals surface area contributed by atoms with Crippen molar-refractivity contribution in [3.05, 3.63) is 265 Å². The maximum atomic E-state index is 5.57. The Morgan fingerprint density at radius 3 is 1.47 bits per heavy atom. The van der Waals surface area contributed by atoms with Crippen LogP contribution in [0.4, 0.5) is 17.1 Å². The molecule has 0 fully saturated rings. The third kappa shape index (κ3) is 5.35. The lowest BCUT2D eigenvalue weighted by Crippen LogP contribution is -2.36. The summed E-state index contributed by atoms with van der Waals surface area (Å²) in [6.07, 6.45) is 0. The van der Waals surface area contributed by atoms with Gasteiger partial charge < -0.3 is 9.47 Å². The molecule has 0 saturated carbocycles. The van der Waals surface area contributed by atoms with Crippen molar-refractivity contribution < 1.29 is 0 Å². The summed E-state index contributed by atoms with van der Waals surface area (Å²) >= 11 is 0. The van der Waals surface area contributed by atoms with E-state index in [9.17, 15) is 0 Å². The van der Waals surface area contributed by atoms with Gasteiger partial charge in [0, 0.05) is 44.0 Å². The number of hydrogen-bond donors (Lipinski definition) is 0. The van der Waals surface area contributed by atoms with Crippen LogP contribution in [0.15, 0.2) is 243 Å². The number of nitrogens with zero attached hydrogens (tertiary/aromatic N) is 6. The number of aromatic nitrogens is 5. The van der Waals surface area contributed by atoms with Gasteiger partial charge in [-0.25, -0.2) is 4.98 Å². The predicted octanol–water partition coefficient (Wildman–Crippen LogP) is 15.5. The number of para-hydroxylation sites is 5. The zero-order valence-corrected chi connectivity index (χ0v) is 37.8. The van der Waals surface area contributed by atoms with Crippen LogP contribution in [0, 0.1) is 0 Å². The largest absolute Gasteiger partial charge is 0.310 e. The van der Waals surface area contributed by atoms with Gasteiger partial charge in [-0.05, 0) is 106 Å². The topological polar surface area (TPSA) is 51.8 Å². The molecule has 2 aliphatic rings. The van der Waals surface area contributed by atoms with E-state index in [-0.39, 0.29) is 0 Å². The lowest BCUT2D eigenvalue weighted by molar-refractivity contribution is 0.752. The minimum Gasteiger partial charge on any atom is -0.310 e. The van der Waals surface area contributed by atoms with Gasteiger partial charge in [0.15, 0.2) is 11.6 Å². The maximum absolute atomic E-state index is 5.57. The lowest BCUT2D eigenvalue weighted by Gasteiger charge is -2.45. The molecule has 0 unspecified atom stereocenters. The molecule has 3 aromatic heterocycles. The molecule has 0 bridgehead atoms. The highest BCUT2D eigenvalue weighted by atomic mass is 15.2. The molecule has 13 aromatic rings. The molecular weight excluding hydrogens is 853 g/mol. The van der Waals surface area contributed by atoms with Crippen LogP contribution in [0.1, 0.15) is 22.3 Å². The molecule has 326 valence electrons. The Bertz CT molecular complexity index is 4200. The number of benzene rings is 10. The highest BCUT2D eigenvalue weighted by molar-refractivity contribution is 6.19. The van der Waals surface area contributed by atoms with Crippen molar-refractivity contribution in [2.75, 3.05) is 4.90 Å². The van der Waals surface area contributed by atoms with Crippen molar-refractivity contribution in [2.24, 2.45) is 0 Å². The molecule has 0 radical (unpaired) electrons. The second kappa shape index (κ2) is 14.8. The van der Waals surface area contributed by atoms with Crippen LogP contribution < -0.4 is 4.90 Å². The summed E-state index contributed by atoms with van der Waals surface area (Å²) in [6, 6.07) is 87.4. The van der Waals surface area contributed by atoms with Crippen LogP contribution in [0.2, 0.25) is 0 Å². The molecule has 1 aliphatic heterocycles. The zero-order valence-electron chi connectivity index (χ0n) is 37.8. The van der Waals surface area contributed by atoms with Gasteiger partial charge in [0.1, 0.15) is 0 Å². The average molecular weight is 893 g/mol. The highest BCUT2D eigenvalue weighted by Gasteiger charge is 2.51. The van der Waals surface area contributed by atoms with E-state index in [2.05, 4.69) is 238 Å². The molecule has 6 heteroatoms. The minimum atomic E-state index is -0.631. The fourth-order valence-corrected chi connectivity index (χ4v) is 11.9. The normalized spacial score (nSPS) is 13.2. The SMILES string of the molecule is c1ccc(-c2nc(-c3ccc4c(c3)C3(c5ccccc5-c5ccccc53)c3ccccc3N4c3ccccc3)nc(-n3c4ccccc4c4cc5c6ccccc6n(-c6ccccc6)c5cc43)n2)cc1. The number of anilines is 3. The Labute approximate surface area is 403 Å². The van der Waals surface area contributed by atoms with Crippen molar-refractivity contribution in [2.45, 2.75) is 5.41 Å². The molecule has 0 amide bonds. The van der Waals surface area contributed by atoms with Crippen molar-refractivity contribution in [3.8, 4) is 45.5 Å². The molecule has 0 saturated heterocycles. The molecule has 1 spiro atoms. The first kappa shape index (κ1) is 38.7. The first-order valence-corrected chi connectivity index (χ1v) is 23.9. The van der Waals surface area contributed by atoms with Crippen molar-refractivity contribution in [1.82, 2.24) is 24.1 Å². The number of hydrogen-bond acceptors (Lipinski definition) is 4. The van der Waals surface area contributed by atoms with Gasteiger partial charge >= 0.3 is 0 Å². The second-order valence-corrected chi connectivity index (χ2v) is 18.3. The first-order valence-electron chi connectivity index (χ1n) is 23.9. The van der Waals surface area contributed by atoms with E-state index >= 15 is 0 Å². The summed E-state index contributed by atoms with van der Waals surface area (Å²) < 4.78 is 4.62. The monoisotopic (exact) mass is 892 g/mol. The summed E-state index contributed by atoms with van der Waals surface area (Å²) in [5, 5.41) is 4.67. The minimum absolute atomic E-state index is 0.553. The molecule has 70 heavy (non-hydrogen) atoms. The molecule has 15 rings (SSSR count). The average Bonchev–Trinajstić information content (AvgIpc) is 4.05. The van der Waals surface area contributed by atoms with E-state index in [0.717, 1.165) is 66.7 Å². The molecule has 4 heterocycles. The highest BCUT2D eigenvalue weighted by Crippen LogP contribution is 2.63. The van der Waals surface area contributed by atoms with Crippen LogP contribution in [0.25, 0.3) is 89.2 Å². The van der Waals surface area contributed by atoms with E-state index in [1.165, 1.54) is 44.2 Å². The summed E-state index contributed by atoms with van der Waals surface area (Å²) in [5.41, 5.74) is 17.4. The van der Waals surface area contributed by atoms with Crippen LogP contribution >= 0.6 is 0 Å². The summed E-state index contributed by atoms with van der Waals surface area (Å²) in [6.45, 7) is 0.